The lowest BCUT2D eigenvalue weighted by Crippen LogP contribution is -2.49. The van der Waals surface area contributed by atoms with Gasteiger partial charge < -0.3 is 14.5 Å². The number of aryl methyl sites for hydroxylation is 1. The summed E-state index contributed by atoms with van der Waals surface area (Å²) >= 11 is 0. The largest absolute Gasteiger partial charge is 0.469 e. The molecule has 0 aliphatic carbocycles. The quantitative estimate of drug-likeness (QED) is 0.562. The number of carbonyl (C=O) groups is 2. The number of hydrogen-bond donors (Lipinski definition) is 0. The highest BCUT2D eigenvalue weighted by Crippen LogP contribution is 2.22. The van der Waals surface area contributed by atoms with Crippen LogP contribution in [0.25, 0.3) is 17.0 Å². The molecule has 9 heteroatoms. The van der Waals surface area contributed by atoms with E-state index in [-0.39, 0.29) is 18.3 Å². The van der Waals surface area contributed by atoms with Crippen molar-refractivity contribution in [1.29, 1.82) is 0 Å². The van der Waals surface area contributed by atoms with Gasteiger partial charge in [0.25, 0.3) is 5.78 Å². The van der Waals surface area contributed by atoms with Gasteiger partial charge >= 0.3 is 5.97 Å². The maximum atomic E-state index is 12.4. The normalized spacial score (nSPS) is 14.1. The van der Waals surface area contributed by atoms with Crippen LogP contribution in [-0.2, 0) is 14.3 Å². The Morgan fingerprint density at radius 3 is 2.65 bits per heavy atom. The molecule has 2 aromatic heterocycles. The summed E-state index contributed by atoms with van der Waals surface area (Å²) in [5.74, 6) is 0.949. The molecule has 31 heavy (non-hydrogen) atoms. The van der Waals surface area contributed by atoms with Crippen molar-refractivity contribution in [3.05, 3.63) is 42.1 Å². The molecule has 4 rings (SSSR count). The SMILES string of the molecule is COC(=O)CCCC(=O)N1CCN(c2nc3nccc(-c4cccc(C)c4)n3n2)CC1. The Hall–Kier alpha value is -3.49. The third kappa shape index (κ3) is 4.65. The summed E-state index contributed by atoms with van der Waals surface area (Å²) in [5, 5.41) is 4.70. The smallest absolute Gasteiger partial charge is 0.305 e. The number of fused-ring (bicyclic) bond motifs is 1. The van der Waals surface area contributed by atoms with Gasteiger partial charge in [0.2, 0.25) is 11.9 Å². The van der Waals surface area contributed by atoms with Crippen molar-refractivity contribution < 1.29 is 14.3 Å². The molecule has 0 N–H and O–H groups in total. The summed E-state index contributed by atoms with van der Waals surface area (Å²) in [5.41, 5.74) is 3.17. The van der Waals surface area contributed by atoms with E-state index >= 15 is 0 Å². The molecule has 162 valence electrons. The van der Waals surface area contributed by atoms with Crippen molar-refractivity contribution in [1.82, 2.24) is 24.5 Å². The van der Waals surface area contributed by atoms with Crippen LogP contribution in [0.1, 0.15) is 24.8 Å². The van der Waals surface area contributed by atoms with Crippen molar-refractivity contribution in [3.63, 3.8) is 0 Å². The third-order valence-corrected chi connectivity index (χ3v) is 5.46. The van der Waals surface area contributed by atoms with Crippen LogP contribution in [0, 0.1) is 6.92 Å². The molecular formula is C22H26N6O3. The predicted molar refractivity (Wildman–Crippen MR) is 116 cm³/mol. The van der Waals surface area contributed by atoms with Gasteiger partial charge in [-0.3, -0.25) is 9.59 Å². The van der Waals surface area contributed by atoms with Gasteiger partial charge in [0.05, 0.1) is 12.8 Å². The number of hydrogen-bond acceptors (Lipinski definition) is 7. The van der Waals surface area contributed by atoms with Crippen LogP contribution in [-0.4, -0.2) is 69.6 Å². The van der Waals surface area contributed by atoms with Crippen LogP contribution < -0.4 is 4.90 Å². The Kier molecular flexibility index (Phi) is 6.11. The van der Waals surface area contributed by atoms with Gasteiger partial charge in [-0.1, -0.05) is 23.8 Å². The van der Waals surface area contributed by atoms with Crippen molar-refractivity contribution in [2.24, 2.45) is 0 Å². The fraction of sp³-hybridized carbons (Fsp3) is 0.409. The summed E-state index contributed by atoms with van der Waals surface area (Å²) < 4.78 is 6.39. The van der Waals surface area contributed by atoms with Crippen molar-refractivity contribution in [2.75, 3.05) is 38.2 Å². The van der Waals surface area contributed by atoms with Gasteiger partial charge in [0.15, 0.2) is 0 Å². The predicted octanol–water partition coefficient (Wildman–Crippen LogP) is 2.09. The number of piperazine rings is 1. The van der Waals surface area contributed by atoms with Crippen LogP contribution >= 0.6 is 0 Å². The van der Waals surface area contributed by atoms with Crippen molar-refractivity contribution >= 4 is 23.6 Å². The third-order valence-electron chi connectivity index (χ3n) is 5.46. The molecule has 0 saturated carbocycles. The molecule has 3 heterocycles. The average Bonchev–Trinajstić information content (AvgIpc) is 3.23. The van der Waals surface area contributed by atoms with Crippen LogP contribution in [0.3, 0.4) is 0 Å². The number of methoxy groups -OCH3 is 1. The van der Waals surface area contributed by atoms with Gasteiger partial charge in [0, 0.05) is 50.8 Å². The van der Waals surface area contributed by atoms with Crippen molar-refractivity contribution in [3.8, 4) is 11.3 Å². The zero-order chi connectivity index (χ0) is 21.8. The number of rotatable bonds is 6. The summed E-state index contributed by atoms with van der Waals surface area (Å²) in [6.45, 7) is 4.57. The second-order valence-corrected chi connectivity index (χ2v) is 7.62. The summed E-state index contributed by atoms with van der Waals surface area (Å²) in [6, 6.07) is 10.2. The van der Waals surface area contributed by atoms with Gasteiger partial charge in [-0.05, 0) is 25.5 Å². The van der Waals surface area contributed by atoms with Crippen LogP contribution in [0.2, 0.25) is 0 Å². The number of nitrogens with zero attached hydrogens (tertiary/aromatic N) is 6. The van der Waals surface area contributed by atoms with E-state index in [1.807, 2.05) is 23.1 Å². The maximum absolute atomic E-state index is 12.4. The molecular weight excluding hydrogens is 396 g/mol. The molecule has 1 fully saturated rings. The van der Waals surface area contributed by atoms with Crippen LogP contribution in [0.5, 0.6) is 0 Å². The van der Waals surface area contributed by atoms with E-state index in [9.17, 15) is 9.59 Å². The Bertz CT molecular complexity index is 1090. The molecule has 1 aliphatic rings. The van der Waals surface area contributed by atoms with E-state index in [1.165, 1.54) is 12.7 Å². The molecule has 1 amide bonds. The number of esters is 1. The van der Waals surface area contributed by atoms with Crippen LogP contribution in [0.4, 0.5) is 5.95 Å². The van der Waals surface area contributed by atoms with E-state index in [0.29, 0.717) is 50.7 Å². The highest BCUT2D eigenvalue weighted by molar-refractivity contribution is 5.77. The van der Waals surface area contributed by atoms with Crippen LogP contribution in [0.15, 0.2) is 36.5 Å². The summed E-state index contributed by atoms with van der Waals surface area (Å²) in [7, 11) is 1.36. The zero-order valence-electron chi connectivity index (χ0n) is 17.8. The van der Waals surface area contributed by atoms with Gasteiger partial charge in [-0.15, -0.1) is 5.10 Å². The van der Waals surface area contributed by atoms with E-state index in [0.717, 1.165) is 11.3 Å². The lowest BCUT2D eigenvalue weighted by molar-refractivity contribution is -0.140. The fourth-order valence-electron chi connectivity index (χ4n) is 3.74. The first-order valence-corrected chi connectivity index (χ1v) is 10.4. The maximum Gasteiger partial charge on any atom is 0.305 e. The zero-order valence-corrected chi connectivity index (χ0v) is 17.8. The number of amides is 1. The molecule has 1 saturated heterocycles. The standard InChI is InChI=1S/C22H26N6O3/c1-16-5-3-6-17(15-16)18-9-10-23-21-24-22(25-28(18)21)27-13-11-26(12-14-27)19(29)7-4-8-20(30)31-2/h3,5-6,9-10,15H,4,7-8,11-14H2,1-2H3. The van der Waals surface area contributed by atoms with Crippen molar-refractivity contribution in [2.45, 2.75) is 26.2 Å². The molecule has 1 aliphatic heterocycles. The number of ether oxygens (including phenoxy) is 1. The van der Waals surface area contributed by atoms with Gasteiger partial charge in [-0.25, -0.2) is 4.98 Å². The van der Waals surface area contributed by atoms with E-state index in [1.54, 1.807) is 10.7 Å². The molecule has 0 spiro atoms. The topological polar surface area (TPSA) is 92.9 Å². The van der Waals surface area contributed by atoms with E-state index in [2.05, 4.69) is 38.7 Å². The lowest BCUT2D eigenvalue weighted by Gasteiger charge is -2.34. The minimum Gasteiger partial charge on any atom is -0.469 e. The number of benzene rings is 1. The fourth-order valence-corrected chi connectivity index (χ4v) is 3.74. The first-order valence-electron chi connectivity index (χ1n) is 10.4. The highest BCUT2D eigenvalue weighted by atomic mass is 16.5. The van der Waals surface area contributed by atoms with Gasteiger partial charge in [0.1, 0.15) is 0 Å². The van der Waals surface area contributed by atoms with E-state index in [4.69, 9.17) is 5.10 Å². The molecule has 9 nitrogen and oxygen atoms in total. The summed E-state index contributed by atoms with van der Waals surface area (Å²) in [4.78, 5) is 36.5. The molecule has 0 atom stereocenters. The summed E-state index contributed by atoms with van der Waals surface area (Å²) in [6.07, 6.45) is 2.87. The molecule has 0 radical (unpaired) electrons. The number of carbonyl (C=O) groups excluding carboxylic acids is 2. The van der Waals surface area contributed by atoms with Gasteiger partial charge in [-0.2, -0.15) is 9.50 Å². The molecule has 3 aromatic rings. The number of anilines is 1. The Balaban J connectivity index is 1.42. The average molecular weight is 422 g/mol. The second-order valence-electron chi connectivity index (χ2n) is 7.62. The highest BCUT2D eigenvalue weighted by Gasteiger charge is 2.24. The van der Waals surface area contributed by atoms with E-state index < -0.39 is 0 Å². The molecule has 0 unspecified atom stereocenters. The Morgan fingerprint density at radius 2 is 1.90 bits per heavy atom. The minimum absolute atomic E-state index is 0.0647. The first kappa shape index (κ1) is 20.8. The monoisotopic (exact) mass is 422 g/mol. The minimum atomic E-state index is -0.283. The molecule has 1 aromatic carbocycles. The first-order chi connectivity index (χ1) is 15.0. The Labute approximate surface area is 180 Å². The number of aromatic nitrogens is 4. The second kappa shape index (κ2) is 9.11. The lowest BCUT2D eigenvalue weighted by atomic mass is 10.1. The Morgan fingerprint density at radius 1 is 1.10 bits per heavy atom. The molecule has 0 bridgehead atoms.